The molecule has 0 aromatic heterocycles. The molecule has 0 spiro atoms. The summed E-state index contributed by atoms with van der Waals surface area (Å²) in [5, 5.41) is 40.5. The van der Waals surface area contributed by atoms with Crippen LogP contribution in [0.2, 0.25) is 0 Å². The smallest absolute Gasteiger partial charge is 0.326 e. The fourth-order valence-electron chi connectivity index (χ4n) is 6.51. The Morgan fingerprint density at radius 3 is 1.53 bits per heavy atom. The first-order chi connectivity index (χ1) is 24.7. The predicted octanol–water partition coefficient (Wildman–Crippen LogP) is -2.95. The molecule has 0 saturated carbocycles. The normalized spacial score (nSPS) is 21.2. The van der Waals surface area contributed by atoms with Crippen molar-refractivity contribution in [3.05, 3.63) is 0 Å². The Morgan fingerprint density at radius 2 is 1.11 bits per heavy atom. The molecule has 0 aromatic carbocycles. The van der Waals surface area contributed by atoms with Crippen molar-refractivity contribution in [3.8, 4) is 0 Å². The number of nitrogens with zero attached hydrogens (tertiary/aromatic N) is 2. The van der Waals surface area contributed by atoms with Gasteiger partial charge in [-0.3, -0.25) is 33.6 Å². The lowest BCUT2D eigenvalue weighted by Crippen LogP contribution is -2.62. The number of carbonyl (C=O) groups is 8. The largest absolute Gasteiger partial charge is 0.480 e. The van der Waals surface area contributed by atoms with Crippen molar-refractivity contribution >= 4 is 47.3 Å². The predicted molar refractivity (Wildman–Crippen MR) is 189 cm³/mol. The summed E-state index contributed by atoms with van der Waals surface area (Å²) in [6.07, 6.45) is -1.94. The number of likely N-dealkylation sites (tertiary alicyclic amines) is 2. The van der Waals surface area contributed by atoms with E-state index in [-0.39, 0.29) is 44.2 Å². The van der Waals surface area contributed by atoms with Gasteiger partial charge in [0.2, 0.25) is 41.4 Å². The number of nitrogens with two attached hydrogens (primary N) is 2. The van der Waals surface area contributed by atoms with Crippen LogP contribution >= 0.6 is 0 Å². The van der Waals surface area contributed by atoms with Gasteiger partial charge in [0.05, 0.1) is 24.7 Å². The molecule has 2 rings (SSSR count). The second-order valence-electron chi connectivity index (χ2n) is 14.8. The minimum absolute atomic E-state index is 0.0435. The summed E-state index contributed by atoms with van der Waals surface area (Å²) in [6, 6.07) is -8.95. The SMILES string of the molecule is CC(C)C[C@H](NC(=O)[C@@H](N)CC(C)C)C(=O)N[C@H](C(=O)N1CCC[C@H]1C(=O)N[C@H](C(=O)N1CCC[C@H]1C(=O)N[C@@H](CC(N)=O)C(=O)O)[C@@H](C)O)[C@@H](C)O. The van der Waals surface area contributed by atoms with Crippen LogP contribution in [0.1, 0.15) is 86.5 Å². The molecule has 9 atom stereocenters. The van der Waals surface area contributed by atoms with Crippen LogP contribution in [0, 0.1) is 11.8 Å². The topological polar surface area (TPSA) is 304 Å². The van der Waals surface area contributed by atoms with Gasteiger partial charge in [0, 0.05) is 13.1 Å². The first-order valence-electron chi connectivity index (χ1n) is 18.1. The summed E-state index contributed by atoms with van der Waals surface area (Å²) >= 11 is 0. The first kappa shape index (κ1) is 44.8. The summed E-state index contributed by atoms with van der Waals surface area (Å²) in [4.78, 5) is 106. The van der Waals surface area contributed by atoms with Gasteiger partial charge in [-0.25, -0.2) is 4.79 Å². The molecule has 0 aromatic rings. The fourth-order valence-corrected chi connectivity index (χ4v) is 6.51. The number of primary amides is 1. The van der Waals surface area contributed by atoms with E-state index < -0.39 is 108 Å². The molecule has 2 fully saturated rings. The second kappa shape index (κ2) is 20.2. The molecule has 11 N–H and O–H groups in total. The van der Waals surface area contributed by atoms with Crippen molar-refractivity contribution < 1.29 is 53.7 Å². The zero-order valence-electron chi connectivity index (χ0n) is 31.4. The number of aliphatic hydroxyl groups excluding tert-OH is 2. The Hall–Kier alpha value is -4.36. The monoisotopic (exact) mass is 754 g/mol. The van der Waals surface area contributed by atoms with Crippen molar-refractivity contribution in [1.82, 2.24) is 31.1 Å². The van der Waals surface area contributed by atoms with E-state index >= 15 is 0 Å². The molecule has 53 heavy (non-hydrogen) atoms. The molecule has 0 bridgehead atoms. The van der Waals surface area contributed by atoms with Crippen LogP contribution in [0.5, 0.6) is 0 Å². The standard InChI is InChI=1S/C34H58N8O11/c1-16(2)13-20(35)28(46)37-21(14-17(3)4)29(47)39-26(18(5)43)32(50)42-12-8-10-24(42)31(49)40-27(19(6)44)33(51)41-11-7-9-23(41)30(48)38-22(34(52)53)15-25(36)45/h16-24,26-27,43-44H,7-15,35H2,1-6H3,(H2,36,45)(H,37,46)(H,38,48)(H,39,47)(H,40,49)(H,52,53)/t18-,19-,20+,21+,22+,23+,24+,26+,27+/m1/s1. The Bertz CT molecular complexity index is 1360. The minimum atomic E-state index is -1.63. The van der Waals surface area contributed by atoms with E-state index in [0.717, 1.165) is 4.90 Å². The third-order valence-corrected chi connectivity index (χ3v) is 9.19. The van der Waals surface area contributed by atoms with E-state index in [1.54, 1.807) is 0 Å². The average Bonchev–Trinajstić information content (AvgIpc) is 3.74. The van der Waals surface area contributed by atoms with Crippen molar-refractivity contribution in [1.29, 1.82) is 0 Å². The van der Waals surface area contributed by atoms with E-state index in [4.69, 9.17) is 11.5 Å². The third-order valence-electron chi connectivity index (χ3n) is 9.19. The van der Waals surface area contributed by atoms with Gasteiger partial charge in [-0.1, -0.05) is 27.7 Å². The van der Waals surface area contributed by atoms with Crippen LogP contribution in [0.4, 0.5) is 0 Å². The summed E-state index contributed by atoms with van der Waals surface area (Å²) in [5.41, 5.74) is 11.1. The van der Waals surface area contributed by atoms with Gasteiger partial charge in [-0.05, 0) is 64.2 Å². The third kappa shape index (κ3) is 12.9. The Morgan fingerprint density at radius 1 is 0.660 bits per heavy atom. The molecule has 300 valence electrons. The van der Waals surface area contributed by atoms with Crippen LogP contribution in [0.3, 0.4) is 0 Å². The van der Waals surface area contributed by atoms with Gasteiger partial charge in [0.1, 0.15) is 36.3 Å². The number of aliphatic hydroxyl groups is 2. The van der Waals surface area contributed by atoms with E-state index in [9.17, 15) is 53.7 Å². The van der Waals surface area contributed by atoms with Gasteiger partial charge in [-0.2, -0.15) is 0 Å². The zero-order valence-corrected chi connectivity index (χ0v) is 31.4. The zero-order chi connectivity index (χ0) is 40.3. The lowest BCUT2D eigenvalue weighted by atomic mass is 10.00. The van der Waals surface area contributed by atoms with Gasteiger partial charge in [0.15, 0.2) is 0 Å². The molecule has 2 saturated heterocycles. The highest BCUT2D eigenvalue weighted by molar-refractivity contribution is 5.98. The maximum Gasteiger partial charge on any atom is 0.326 e. The highest BCUT2D eigenvalue weighted by atomic mass is 16.4. The van der Waals surface area contributed by atoms with E-state index in [1.807, 2.05) is 27.7 Å². The molecule has 0 unspecified atom stereocenters. The second-order valence-corrected chi connectivity index (χ2v) is 14.8. The molecule has 0 aliphatic carbocycles. The number of rotatable bonds is 19. The van der Waals surface area contributed by atoms with Gasteiger partial charge >= 0.3 is 5.97 Å². The fraction of sp³-hybridized carbons (Fsp3) is 0.765. The minimum Gasteiger partial charge on any atom is -0.480 e. The molecule has 0 radical (unpaired) electrons. The number of carboxylic acids is 1. The van der Waals surface area contributed by atoms with Gasteiger partial charge in [-0.15, -0.1) is 0 Å². The molecular formula is C34H58N8O11. The first-order valence-corrected chi connectivity index (χ1v) is 18.1. The van der Waals surface area contributed by atoms with Crippen molar-refractivity contribution in [2.24, 2.45) is 23.3 Å². The molecular weight excluding hydrogens is 696 g/mol. The lowest BCUT2D eigenvalue weighted by molar-refractivity contribution is -0.148. The van der Waals surface area contributed by atoms with Crippen LogP contribution in [-0.4, -0.2) is 140 Å². The van der Waals surface area contributed by atoms with Crippen molar-refractivity contribution in [3.63, 3.8) is 0 Å². The van der Waals surface area contributed by atoms with Crippen molar-refractivity contribution in [2.75, 3.05) is 13.1 Å². The highest BCUT2D eigenvalue weighted by Crippen LogP contribution is 2.23. The van der Waals surface area contributed by atoms with E-state index in [2.05, 4.69) is 21.3 Å². The Kier molecular flexibility index (Phi) is 17.1. The molecule has 2 heterocycles. The van der Waals surface area contributed by atoms with Crippen molar-refractivity contribution in [2.45, 2.75) is 141 Å². The molecule has 2 aliphatic heterocycles. The number of hydrogen-bond acceptors (Lipinski definition) is 11. The number of nitrogens with one attached hydrogen (secondary N) is 4. The Balaban J connectivity index is 2.21. The maximum atomic E-state index is 13.8. The maximum absolute atomic E-state index is 13.8. The number of carbonyl (C=O) groups excluding carboxylic acids is 7. The summed E-state index contributed by atoms with van der Waals surface area (Å²) in [7, 11) is 0. The summed E-state index contributed by atoms with van der Waals surface area (Å²) < 4.78 is 0. The highest BCUT2D eigenvalue weighted by Gasteiger charge is 2.44. The quantitative estimate of drug-likeness (QED) is 0.0640. The van der Waals surface area contributed by atoms with Crippen LogP contribution < -0.4 is 32.7 Å². The Labute approximate surface area is 309 Å². The molecule has 19 nitrogen and oxygen atoms in total. The number of amides is 7. The van der Waals surface area contributed by atoms with Crippen LogP contribution in [0.15, 0.2) is 0 Å². The average molecular weight is 755 g/mol. The molecule has 19 heteroatoms. The van der Waals surface area contributed by atoms with Gasteiger partial charge < -0.3 is 57.9 Å². The molecule has 7 amide bonds. The van der Waals surface area contributed by atoms with E-state index in [0.29, 0.717) is 19.3 Å². The number of hydrogen-bond donors (Lipinski definition) is 9. The lowest BCUT2D eigenvalue weighted by Gasteiger charge is -2.33. The number of carboxylic acid groups (broad SMARTS) is 1. The van der Waals surface area contributed by atoms with Gasteiger partial charge in [0.25, 0.3) is 0 Å². The number of aliphatic carboxylic acids is 1. The molecule has 2 aliphatic rings. The van der Waals surface area contributed by atoms with Crippen LogP contribution in [0.25, 0.3) is 0 Å². The van der Waals surface area contributed by atoms with Crippen LogP contribution in [-0.2, 0) is 38.4 Å². The summed E-state index contributed by atoms with van der Waals surface area (Å²) in [6.45, 7) is 10.2. The summed E-state index contributed by atoms with van der Waals surface area (Å²) in [5.74, 6) is -6.91. The van der Waals surface area contributed by atoms with E-state index in [1.165, 1.54) is 18.7 Å².